The highest BCUT2D eigenvalue weighted by molar-refractivity contribution is 5.81. The number of rotatable bonds is 11. The Kier molecular flexibility index (Phi) is 9.69. The van der Waals surface area contributed by atoms with Gasteiger partial charge in [0.2, 0.25) is 0 Å². The Bertz CT molecular complexity index is 739. The van der Waals surface area contributed by atoms with E-state index in [1.807, 2.05) is 0 Å². The van der Waals surface area contributed by atoms with Crippen LogP contribution in [0.1, 0.15) is 115 Å². The number of halogens is 3. The van der Waals surface area contributed by atoms with Crippen molar-refractivity contribution >= 4 is 5.97 Å². The van der Waals surface area contributed by atoms with E-state index in [9.17, 15) is 23.1 Å². The highest BCUT2D eigenvalue weighted by Gasteiger charge is 2.44. The van der Waals surface area contributed by atoms with E-state index >= 15 is 0 Å². The molecule has 0 atom stereocenters. The first-order chi connectivity index (χ1) is 15.9. The molecule has 0 spiro atoms. The van der Waals surface area contributed by atoms with E-state index in [2.05, 4.69) is 6.92 Å². The summed E-state index contributed by atoms with van der Waals surface area (Å²) in [6.45, 7) is 2.25. The minimum atomic E-state index is -1.54. The standard InChI is InChI=1S/C28H41F3O2/c1-2-3-4-5-6-7-20-8-10-21(11-9-20)12-13-22-14-16-28(17-15-22,27(32)33)23-18-24(29)26(31)25(30)19-23/h18-22H,2-17H2,1H3,(H,32,33). The maximum absolute atomic E-state index is 13.8. The van der Waals surface area contributed by atoms with Crippen molar-refractivity contribution in [2.45, 2.75) is 115 Å². The molecular formula is C28H41F3O2. The number of unbranched alkanes of at least 4 members (excludes halogenated alkanes) is 4. The van der Waals surface area contributed by atoms with Gasteiger partial charge < -0.3 is 5.11 Å². The number of carboxylic acid groups (broad SMARTS) is 1. The van der Waals surface area contributed by atoms with Crippen molar-refractivity contribution in [1.29, 1.82) is 0 Å². The SMILES string of the molecule is CCCCCCCC1CCC(CCC2CCC(C(=O)O)(c3cc(F)c(F)c(F)c3)CC2)CC1. The van der Waals surface area contributed by atoms with Crippen molar-refractivity contribution < 1.29 is 23.1 Å². The van der Waals surface area contributed by atoms with Gasteiger partial charge in [0.25, 0.3) is 0 Å². The number of carboxylic acids is 1. The van der Waals surface area contributed by atoms with Crippen LogP contribution in [0.2, 0.25) is 0 Å². The summed E-state index contributed by atoms with van der Waals surface area (Å²) in [7, 11) is 0. The van der Waals surface area contributed by atoms with Crippen molar-refractivity contribution in [2.75, 3.05) is 0 Å². The van der Waals surface area contributed by atoms with Crippen molar-refractivity contribution in [3.8, 4) is 0 Å². The van der Waals surface area contributed by atoms with Crippen LogP contribution in [0.5, 0.6) is 0 Å². The number of carbonyl (C=O) groups is 1. The van der Waals surface area contributed by atoms with Crippen LogP contribution in [0.4, 0.5) is 13.2 Å². The molecule has 0 bridgehead atoms. The molecule has 0 amide bonds. The molecule has 33 heavy (non-hydrogen) atoms. The fourth-order valence-corrected chi connectivity index (χ4v) is 6.23. The molecule has 186 valence electrons. The predicted octanol–water partition coefficient (Wildman–Crippen LogP) is 8.56. The zero-order valence-electron chi connectivity index (χ0n) is 20.2. The summed E-state index contributed by atoms with van der Waals surface area (Å²) in [4.78, 5) is 12.1. The number of hydrogen-bond acceptors (Lipinski definition) is 1. The van der Waals surface area contributed by atoms with Crippen LogP contribution in [-0.2, 0) is 10.2 Å². The van der Waals surface area contributed by atoms with Crippen LogP contribution in [0.3, 0.4) is 0 Å². The topological polar surface area (TPSA) is 37.3 Å². The molecule has 1 N–H and O–H groups in total. The van der Waals surface area contributed by atoms with E-state index in [0.717, 1.165) is 43.2 Å². The van der Waals surface area contributed by atoms with E-state index in [1.54, 1.807) is 0 Å². The van der Waals surface area contributed by atoms with E-state index in [1.165, 1.54) is 70.6 Å². The van der Waals surface area contributed by atoms with E-state index in [4.69, 9.17) is 0 Å². The van der Waals surface area contributed by atoms with Gasteiger partial charge in [-0.25, -0.2) is 13.2 Å². The van der Waals surface area contributed by atoms with Crippen molar-refractivity contribution in [2.24, 2.45) is 17.8 Å². The second-order valence-corrected chi connectivity index (χ2v) is 10.8. The molecule has 0 saturated heterocycles. The zero-order chi connectivity index (χ0) is 23.8. The molecule has 1 aromatic rings. The minimum Gasteiger partial charge on any atom is -0.481 e. The number of aliphatic carboxylic acids is 1. The lowest BCUT2D eigenvalue weighted by Gasteiger charge is -2.38. The Morgan fingerprint density at radius 1 is 0.818 bits per heavy atom. The monoisotopic (exact) mass is 466 g/mol. The minimum absolute atomic E-state index is 0.0536. The normalized spacial score (nSPS) is 28.1. The Hall–Kier alpha value is -1.52. The zero-order valence-corrected chi connectivity index (χ0v) is 20.2. The van der Waals surface area contributed by atoms with E-state index in [0.29, 0.717) is 18.8 Å². The molecule has 0 heterocycles. The maximum Gasteiger partial charge on any atom is 0.314 e. The number of hydrogen-bond donors (Lipinski definition) is 1. The first-order valence-corrected chi connectivity index (χ1v) is 13.2. The van der Waals surface area contributed by atoms with Gasteiger partial charge in [-0.05, 0) is 61.1 Å². The van der Waals surface area contributed by atoms with Gasteiger partial charge in [0, 0.05) is 0 Å². The molecule has 0 radical (unpaired) electrons. The van der Waals surface area contributed by atoms with Gasteiger partial charge >= 0.3 is 5.97 Å². The molecule has 1 aromatic carbocycles. The summed E-state index contributed by atoms with van der Waals surface area (Å²) in [6, 6.07) is 1.74. The molecule has 2 aliphatic carbocycles. The smallest absolute Gasteiger partial charge is 0.314 e. The largest absolute Gasteiger partial charge is 0.481 e. The van der Waals surface area contributed by atoms with Gasteiger partial charge in [-0.1, -0.05) is 84.0 Å². The third-order valence-electron chi connectivity index (χ3n) is 8.57. The van der Waals surface area contributed by atoms with Gasteiger partial charge in [0.05, 0.1) is 5.41 Å². The van der Waals surface area contributed by atoms with E-state index < -0.39 is 28.8 Å². The van der Waals surface area contributed by atoms with Crippen LogP contribution < -0.4 is 0 Å². The van der Waals surface area contributed by atoms with Crippen LogP contribution in [0.25, 0.3) is 0 Å². The third kappa shape index (κ3) is 6.76. The van der Waals surface area contributed by atoms with Crippen LogP contribution >= 0.6 is 0 Å². The Balaban J connectivity index is 1.42. The van der Waals surface area contributed by atoms with Gasteiger partial charge in [0.15, 0.2) is 17.5 Å². The first-order valence-electron chi connectivity index (χ1n) is 13.2. The van der Waals surface area contributed by atoms with Gasteiger partial charge in [-0.3, -0.25) is 4.79 Å². The van der Waals surface area contributed by atoms with Gasteiger partial charge in [-0.2, -0.15) is 0 Å². The molecule has 2 nitrogen and oxygen atoms in total. The third-order valence-corrected chi connectivity index (χ3v) is 8.57. The molecule has 2 saturated carbocycles. The molecular weight excluding hydrogens is 425 g/mol. The summed E-state index contributed by atoms with van der Waals surface area (Å²) in [5.41, 5.74) is -1.26. The van der Waals surface area contributed by atoms with Gasteiger partial charge in [-0.15, -0.1) is 0 Å². The lowest BCUT2D eigenvalue weighted by Crippen LogP contribution is -2.40. The predicted molar refractivity (Wildman–Crippen MR) is 126 cm³/mol. The van der Waals surface area contributed by atoms with Crippen LogP contribution in [0, 0.1) is 35.2 Å². The summed E-state index contributed by atoms with van der Waals surface area (Å²) < 4.78 is 40.9. The Morgan fingerprint density at radius 2 is 1.30 bits per heavy atom. The second kappa shape index (κ2) is 12.3. The molecule has 0 unspecified atom stereocenters. The fourth-order valence-electron chi connectivity index (χ4n) is 6.23. The molecule has 0 aromatic heterocycles. The van der Waals surface area contributed by atoms with Crippen molar-refractivity contribution in [3.63, 3.8) is 0 Å². The van der Waals surface area contributed by atoms with E-state index in [-0.39, 0.29) is 5.56 Å². The Morgan fingerprint density at radius 3 is 1.82 bits per heavy atom. The van der Waals surface area contributed by atoms with Crippen LogP contribution in [0.15, 0.2) is 12.1 Å². The summed E-state index contributed by atoms with van der Waals surface area (Å²) in [6.07, 6.45) is 18.0. The number of benzene rings is 1. The van der Waals surface area contributed by atoms with Gasteiger partial charge in [0.1, 0.15) is 0 Å². The molecule has 2 fully saturated rings. The highest BCUT2D eigenvalue weighted by atomic mass is 19.2. The molecule has 3 rings (SSSR count). The Labute approximate surface area is 197 Å². The lowest BCUT2D eigenvalue weighted by atomic mass is 9.65. The molecule has 5 heteroatoms. The molecule has 0 aliphatic heterocycles. The highest BCUT2D eigenvalue weighted by Crippen LogP contribution is 2.45. The fraction of sp³-hybridized carbons (Fsp3) is 0.750. The second-order valence-electron chi connectivity index (χ2n) is 10.8. The molecule has 2 aliphatic rings. The van der Waals surface area contributed by atoms with Crippen molar-refractivity contribution in [1.82, 2.24) is 0 Å². The summed E-state index contributed by atoms with van der Waals surface area (Å²) in [5, 5.41) is 9.90. The van der Waals surface area contributed by atoms with Crippen molar-refractivity contribution in [3.05, 3.63) is 35.1 Å². The van der Waals surface area contributed by atoms with Crippen LogP contribution in [-0.4, -0.2) is 11.1 Å². The lowest BCUT2D eigenvalue weighted by molar-refractivity contribution is -0.145. The summed E-state index contributed by atoms with van der Waals surface area (Å²) >= 11 is 0. The first kappa shape index (κ1) is 26.1. The quantitative estimate of drug-likeness (QED) is 0.262. The maximum atomic E-state index is 13.8. The summed E-state index contributed by atoms with van der Waals surface area (Å²) in [5.74, 6) is -3.09. The average Bonchev–Trinajstić information content (AvgIpc) is 2.81. The average molecular weight is 467 g/mol.